The molecule has 6 heteroatoms. The van der Waals surface area contributed by atoms with Crippen LogP contribution in [0.5, 0.6) is 0 Å². The van der Waals surface area contributed by atoms with Gasteiger partial charge in [0.1, 0.15) is 5.82 Å². The highest BCUT2D eigenvalue weighted by molar-refractivity contribution is 4.91. The van der Waals surface area contributed by atoms with Gasteiger partial charge in [-0.1, -0.05) is 0 Å². The van der Waals surface area contributed by atoms with Crippen LogP contribution in [0, 0.1) is 0 Å². The van der Waals surface area contributed by atoms with Crippen molar-refractivity contribution in [3.8, 4) is 0 Å². The van der Waals surface area contributed by atoms with Crippen molar-refractivity contribution in [2.24, 2.45) is 0 Å². The Hall–Kier alpha value is -1.14. The van der Waals surface area contributed by atoms with E-state index in [1.54, 1.807) is 4.57 Å². The molecule has 0 saturated carbocycles. The number of ether oxygens (including phenoxy) is 1. The van der Waals surface area contributed by atoms with Crippen molar-refractivity contribution in [3.63, 3.8) is 0 Å². The van der Waals surface area contributed by atoms with Crippen molar-refractivity contribution < 1.29 is 9.84 Å². The zero-order valence-electron chi connectivity index (χ0n) is 9.26. The number of hydrogen-bond acceptors (Lipinski definition) is 4. The Bertz CT molecular complexity index is 397. The van der Waals surface area contributed by atoms with Gasteiger partial charge in [-0.3, -0.25) is 4.57 Å². The summed E-state index contributed by atoms with van der Waals surface area (Å²) in [5.74, 6) is 0.887. The fraction of sp³-hybridized carbons (Fsp3) is 0.800. The number of aromatic nitrogens is 3. The predicted octanol–water partition coefficient (Wildman–Crippen LogP) is -0.610. The molecule has 6 nitrogen and oxygen atoms in total. The van der Waals surface area contributed by atoms with E-state index in [2.05, 4.69) is 5.10 Å². The molecule has 1 aromatic rings. The van der Waals surface area contributed by atoms with Gasteiger partial charge in [0.15, 0.2) is 0 Å². The summed E-state index contributed by atoms with van der Waals surface area (Å²) in [7, 11) is 0. The van der Waals surface area contributed by atoms with Gasteiger partial charge < -0.3 is 9.84 Å². The van der Waals surface area contributed by atoms with E-state index in [9.17, 15) is 4.79 Å². The molecule has 1 N–H and O–H groups in total. The third kappa shape index (κ3) is 2.33. The van der Waals surface area contributed by atoms with E-state index in [4.69, 9.17) is 9.84 Å². The van der Waals surface area contributed by atoms with Crippen molar-refractivity contribution in [2.45, 2.75) is 32.4 Å². The molecule has 2 heterocycles. The van der Waals surface area contributed by atoms with Gasteiger partial charge in [0.25, 0.3) is 0 Å². The van der Waals surface area contributed by atoms with Gasteiger partial charge >= 0.3 is 5.69 Å². The van der Waals surface area contributed by atoms with Gasteiger partial charge in [-0.15, -0.1) is 0 Å². The zero-order valence-corrected chi connectivity index (χ0v) is 9.26. The molecule has 0 saturated heterocycles. The lowest BCUT2D eigenvalue weighted by atomic mass is 10.2. The number of nitrogens with zero attached hydrogens (tertiary/aromatic N) is 3. The maximum atomic E-state index is 11.8. The average molecular weight is 227 g/mol. The molecule has 2 rings (SSSR count). The minimum absolute atomic E-state index is 0.00852. The van der Waals surface area contributed by atoms with E-state index < -0.39 is 0 Å². The van der Waals surface area contributed by atoms with Crippen LogP contribution in [0.3, 0.4) is 0 Å². The normalized spacial score (nSPS) is 15.1. The third-order valence-electron chi connectivity index (χ3n) is 2.71. The standard InChI is InChI=1S/C10H17N3O3/c14-6-8-16-7-5-13-10(15)12-4-2-1-3-9(12)11-13/h14H,1-8H2. The van der Waals surface area contributed by atoms with Crippen molar-refractivity contribution >= 4 is 0 Å². The molecule has 16 heavy (non-hydrogen) atoms. The molecule has 0 radical (unpaired) electrons. The third-order valence-corrected chi connectivity index (χ3v) is 2.71. The quantitative estimate of drug-likeness (QED) is 0.681. The lowest BCUT2D eigenvalue weighted by molar-refractivity contribution is 0.0847. The highest BCUT2D eigenvalue weighted by atomic mass is 16.5. The molecule has 0 unspecified atom stereocenters. The van der Waals surface area contributed by atoms with Crippen molar-refractivity contribution in [1.29, 1.82) is 0 Å². The lowest BCUT2D eigenvalue weighted by Crippen LogP contribution is -2.28. The minimum atomic E-state index is -0.0395. The van der Waals surface area contributed by atoms with Crippen LogP contribution in [0.25, 0.3) is 0 Å². The van der Waals surface area contributed by atoms with Gasteiger partial charge in [-0.25, -0.2) is 9.48 Å². The fourth-order valence-electron chi connectivity index (χ4n) is 1.91. The van der Waals surface area contributed by atoms with E-state index >= 15 is 0 Å². The molecule has 1 aromatic heterocycles. The van der Waals surface area contributed by atoms with Crippen LogP contribution in [0.2, 0.25) is 0 Å². The Balaban J connectivity index is 1.99. The Morgan fingerprint density at radius 1 is 1.38 bits per heavy atom. The molecule has 0 spiro atoms. The monoisotopic (exact) mass is 227 g/mol. The number of aliphatic hydroxyl groups excluding tert-OH is 1. The molecule has 0 fully saturated rings. The van der Waals surface area contributed by atoms with Gasteiger partial charge in [-0.2, -0.15) is 5.10 Å². The lowest BCUT2D eigenvalue weighted by Gasteiger charge is -2.09. The van der Waals surface area contributed by atoms with Gasteiger partial charge in [-0.05, 0) is 12.8 Å². The van der Waals surface area contributed by atoms with Crippen LogP contribution < -0.4 is 5.69 Å². The maximum Gasteiger partial charge on any atom is 0.345 e. The zero-order chi connectivity index (χ0) is 11.4. The first kappa shape index (κ1) is 11.3. The molecule has 90 valence electrons. The smallest absolute Gasteiger partial charge is 0.345 e. The summed E-state index contributed by atoms with van der Waals surface area (Å²) < 4.78 is 8.32. The first-order chi connectivity index (χ1) is 7.83. The number of hydrogen-bond donors (Lipinski definition) is 1. The van der Waals surface area contributed by atoms with Gasteiger partial charge in [0.05, 0.1) is 26.4 Å². The summed E-state index contributed by atoms with van der Waals surface area (Å²) in [4.78, 5) is 11.8. The molecule has 0 atom stereocenters. The summed E-state index contributed by atoms with van der Waals surface area (Å²) >= 11 is 0. The highest BCUT2D eigenvalue weighted by Crippen LogP contribution is 2.08. The average Bonchev–Trinajstić information content (AvgIpc) is 2.63. The van der Waals surface area contributed by atoms with E-state index in [0.29, 0.717) is 19.8 Å². The highest BCUT2D eigenvalue weighted by Gasteiger charge is 2.15. The van der Waals surface area contributed by atoms with Crippen molar-refractivity contribution in [1.82, 2.24) is 14.3 Å². The number of rotatable bonds is 5. The topological polar surface area (TPSA) is 69.3 Å². The van der Waals surface area contributed by atoms with E-state index in [1.807, 2.05) is 0 Å². The van der Waals surface area contributed by atoms with Gasteiger partial charge in [0.2, 0.25) is 0 Å². The predicted molar refractivity (Wildman–Crippen MR) is 57.3 cm³/mol. The largest absolute Gasteiger partial charge is 0.394 e. The van der Waals surface area contributed by atoms with Crippen LogP contribution >= 0.6 is 0 Å². The first-order valence-electron chi connectivity index (χ1n) is 5.68. The number of fused-ring (bicyclic) bond motifs is 1. The second-order valence-electron chi connectivity index (χ2n) is 3.87. The summed E-state index contributed by atoms with van der Waals surface area (Å²) in [6, 6.07) is 0. The maximum absolute atomic E-state index is 11.8. The molecular formula is C10H17N3O3. The van der Waals surface area contributed by atoms with Crippen molar-refractivity contribution in [2.75, 3.05) is 19.8 Å². The van der Waals surface area contributed by atoms with Crippen LogP contribution in [-0.4, -0.2) is 39.3 Å². The van der Waals surface area contributed by atoms with E-state index in [0.717, 1.165) is 31.6 Å². The second-order valence-corrected chi connectivity index (χ2v) is 3.87. The second kappa shape index (κ2) is 5.27. The SMILES string of the molecule is O=c1n(CCOCCO)nc2n1CCCC2. The minimum Gasteiger partial charge on any atom is -0.394 e. The van der Waals surface area contributed by atoms with Crippen LogP contribution in [0.1, 0.15) is 18.7 Å². The molecule has 0 aromatic carbocycles. The van der Waals surface area contributed by atoms with Crippen LogP contribution in [0.15, 0.2) is 4.79 Å². The van der Waals surface area contributed by atoms with E-state index in [1.165, 1.54) is 4.68 Å². The molecule has 1 aliphatic heterocycles. The summed E-state index contributed by atoms with van der Waals surface area (Å²) in [5.41, 5.74) is -0.0395. The summed E-state index contributed by atoms with van der Waals surface area (Å²) in [6.07, 6.45) is 3.05. The fourth-order valence-corrected chi connectivity index (χ4v) is 1.91. The Morgan fingerprint density at radius 2 is 2.25 bits per heavy atom. The first-order valence-corrected chi connectivity index (χ1v) is 5.68. The Labute approximate surface area is 93.5 Å². The van der Waals surface area contributed by atoms with Gasteiger partial charge in [0, 0.05) is 13.0 Å². The Kier molecular flexibility index (Phi) is 3.74. The summed E-state index contributed by atoms with van der Waals surface area (Å²) in [6.45, 7) is 1.97. The number of aryl methyl sites for hydroxylation is 1. The molecule has 1 aliphatic rings. The van der Waals surface area contributed by atoms with E-state index in [-0.39, 0.29) is 12.3 Å². The molecule has 0 amide bonds. The molecule has 0 bridgehead atoms. The van der Waals surface area contributed by atoms with Crippen molar-refractivity contribution in [3.05, 3.63) is 16.3 Å². The Morgan fingerprint density at radius 3 is 3.00 bits per heavy atom. The summed E-state index contributed by atoms with van der Waals surface area (Å²) in [5, 5.41) is 12.8. The number of aliphatic hydroxyl groups is 1. The van der Waals surface area contributed by atoms with Crippen LogP contribution in [0.4, 0.5) is 0 Å². The molecular weight excluding hydrogens is 210 g/mol. The van der Waals surface area contributed by atoms with Crippen LogP contribution in [-0.2, 0) is 24.2 Å². The molecule has 0 aliphatic carbocycles.